The molecule has 0 spiro atoms. The summed E-state index contributed by atoms with van der Waals surface area (Å²) in [5.74, 6) is 0.408. The number of nitriles is 1. The molecule has 2 aromatic rings. The van der Waals surface area contributed by atoms with Crippen LogP contribution in [0.15, 0.2) is 22.7 Å². The van der Waals surface area contributed by atoms with Crippen LogP contribution in [0.25, 0.3) is 10.9 Å². The normalized spacial score (nSPS) is 15.4. The third-order valence-electron chi connectivity index (χ3n) is 3.52. The van der Waals surface area contributed by atoms with Crippen LogP contribution in [0.2, 0.25) is 5.02 Å². The highest BCUT2D eigenvalue weighted by atomic mass is 79.9. The van der Waals surface area contributed by atoms with Gasteiger partial charge in [-0.15, -0.1) is 0 Å². The van der Waals surface area contributed by atoms with Crippen molar-refractivity contribution in [3.63, 3.8) is 0 Å². The molecule has 18 heavy (non-hydrogen) atoms. The summed E-state index contributed by atoms with van der Waals surface area (Å²) in [6.07, 6.45) is 3.44. The molecule has 1 saturated carbocycles. The molecule has 4 heteroatoms. The predicted octanol–water partition coefficient (Wildman–Crippen LogP) is 4.79. The van der Waals surface area contributed by atoms with Gasteiger partial charge in [0.1, 0.15) is 6.07 Å². The van der Waals surface area contributed by atoms with E-state index in [0.29, 0.717) is 16.5 Å². The van der Waals surface area contributed by atoms with E-state index >= 15 is 0 Å². The molecule has 90 valence electrons. The number of aromatic nitrogens is 1. The monoisotopic (exact) mass is 320 g/mol. The van der Waals surface area contributed by atoms with E-state index in [9.17, 15) is 5.26 Å². The molecule has 0 amide bonds. The highest BCUT2D eigenvalue weighted by molar-refractivity contribution is 9.10. The predicted molar refractivity (Wildman–Crippen MR) is 75.8 cm³/mol. The van der Waals surface area contributed by atoms with Gasteiger partial charge in [-0.3, -0.25) is 4.98 Å². The fraction of sp³-hybridized carbons (Fsp3) is 0.286. The molecule has 0 atom stereocenters. The van der Waals surface area contributed by atoms with Gasteiger partial charge in [-0.25, -0.2) is 0 Å². The summed E-state index contributed by atoms with van der Waals surface area (Å²) < 4.78 is 0.944. The molecule has 3 rings (SSSR count). The van der Waals surface area contributed by atoms with Crippen LogP contribution in [0.5, 0.6) is 0 Å². The van der Waals surface area contributed by atoms with Crippen molar-refractivity contribution in [3.05, 3.63) is 39.0 Å². The largest absolute Gasteiger partial charge is 0.251 e. The number of pyridine rings is 1. The molecule has 0 radical (unpaired) electrons. The van der Waals surface area contributed by atoms with Gasteiger partial charge in [-0.05, 0) is 31.0 Å². The van der Waals surface area contributed by atoms with Gasteiger partial charge in [0.05, 0.1) is 21.8 Å². The lowest BCUT2D eigenvalue weighted by Crippen LogP contribution is -2.13. The van der Waals surface area contributed by atoms with Gasteiger partial charge in [0.2, 0.25) is 0 Å². The second kappa shape index (κ2) is 4.53. The Morgan fingerprint density at radius 2 is 2.17 bits per heavy atom. The summed E-state index contributed by atoms with van der Waals surface area (Å²) >= 11 is 9.78. The third-order valence-corrected chi connectivity index (χ3v) is 4.40. The Balaban J connectivity index is 2.31. The summed E-state index contributed by atoms with van der Waals surface area (Å²) in [5, 5.41) is 10.7. The quantitative estimate of drug-likeness (QED) is 0.757. The first-order valence-electron chi connectivity index (χ1n) is 5.89. The molecule has 1 heterocycles. The standard InChI is InChI=1S/C14H10BrClN2/c15-9-4-5-12-10(6-9)13(16)11(7-17)14(18-12)8-2-1-3-8/h4-6,8H,1-3H2. The lowest BCUT2D eigenvalue weighted by Gasteiger charge is -2.26. The highest BCUT2D eigenvalue weighted by Gasteiger charge is 2.26. The lowest BCUT2D eigenvalue weighted by molar-refractivity contribution is 0.411. The molecule has 2 nitrogen and oxygen atoms in total. The molecule has 0 bridgehead atoms. The first-order valence-corrected chi connectivity index (χ1v) is 7.06. The van der Waals surface area contributed by atoms with Gasteiger partial charge in [0.25, 0.3) is 0 Å². The van der Waals surface area contributed by atoms with Gasteiger partial charge in [-0.2, -0.15) is 5.26 Å². The van der Waals surface area contributed by atoms with Crippen molar-refractivity contribution in [2.45, 2.75) is 25.2 Å². The van der Waals surface area contributed by atoms with Crippen molar-refractivity contribution in [1.82, 2.24) is 4.98 Å². The highest BCUT2D eigenvalue weighted by Crippen LogP contribution is 2.40. The summed E-state index contributed by atoms with van der Waals surface area (Å²) in [6, 6.07) is 8.01. The van der Waals surface area contributed by atoms with Crippen LogP contribution >= 0.6 is 27.5 Å². The van der Waals surface area contributed by atoms with E-state index in [0.717, 1.165) is 33.9 Å². The zero-order valence-corrected chi connectivity index (χ0v) is 11.9. The van der Waals surface area contributed by atoms with Crippen molar-refractivity contribution >= 4 is 38.4 Å². The fourth-order valence-electron chi connectivity index (χ4n) is 2.30. The van der Waals surface area contributed by atoms with E-state index in [1.807, 2.05) is 18.2 Å². The molecule has 0 saturated heterocycles. The van der Waals surface area contributed by atoms with Gasteiger partial charge in [-0.1, -0.05) is 34.0 Å². The maximum Gasteiger partial charge on any atom is 0.103 e. The summed E-state index contributed by atoms with van der Waals surface area (Å²) in [7, 11) is 0. The summed E-state index contributed by atoms with van der Waals surface area (Å²) in [4.78, 5) is 4.64. The van der Waals surface area contributed by atoms with Crippen molar-refractivity contribution in [2.75, 3.05) is 0 Å². The Morgan fingerprint density at radius 3 is 2.78 bits per heavy atom. The van der Waals surface area contributed by atoms with E-state index in [4.69, 9.17) is 11.6 Å². The van der Waals surface area contributed by atoms with Gasteiger partial charge in [0.15, 0.2) is 0 Å². The minimum atomic E-state index is 0.408. The molecule has 1 aromatic heterocycles. The van der Waals surface area contributed by atoms with Crippen molar-refractivity contribution < 1.29 is 0 Å². The minimum Gasteiger partial charge on any atom is -0.251 e. The molecular weight excluding hydrogens is 312 g/mol. The molecule has 1 fully saturated rings. The van der Waals surface area contributed by atoms with E-state index in [1.54, 1.807) is 0 Å². The average Bonchev–Trinajstić information content (AvgIpc) is 2.28. The van der Waals surface area contributed by atoms with Crippen LogP contribution in [0.4, 0.5) is 0 Å². The number of hydrogen-bond donors (Lipinski definition) is 0. The van der Waals surface area contributed by atoms with Crippen LogP contribution < -0.4 is 0 Å². The van der Waals surface area contributed by atoms with E-state index < -0.39 is 0 Å². The molecule has 1 aliphatic rings. The average molecular weight is 322 g/mol. The second-order valence-corrected chi connectivity index (χ2v) is 5.88. The third kappa shape index (κ3) is 1.81. The molecule has 0 aliphatic heterocycles. The number of hydrogen-bond acceptors (Lipinski definition) is 2. The Morgan fingerprint density at radius 1 is 1.39 bits per heavy atom. The van der Waals surface area contributed by atoms with E-state index in [2.05, 4.69) is 27.0 Å². The van der Waals surface area contributed by atoms with Crippen LogP contribution in [-0.2, 0) is 0 Å². The molecular formula is C14H10BrClN2. The number of benzene rings is 1. The SMILES string of the molecule is N#Cc1c(C2CCC2)nc2ccc(Br)cc2c1Cl. The van der Waals surface area contributed by atoms with Crippen LogP contribution in [0.1, 0.15) is 36.4 Å². The molecule has 1 aliphatic carbocycles. The van der Waals surface area contributed by atoms with Gasteiger partial charge in [0, 0.05) is 15.8 Å². The number of fused-ring (bicyclic) bond motifs is 1. The fourth-order valence-corrected chi connectivity index (χ4v) is 2.95. The zero-order valence-electron chi connectivity index (χ0n) is 9.58. The zero-order chi connectivity index (χ0) is 12.7. The maximum atomic E-state index is 9.31. The Hall–Kier alpha value is -1.11. The van der Waals surface area contributed by atoms with Gasteiger partial charge >= 0.3 is 0 Å². The second-order valence-electron chi connectivity index (χ2n) is 4.59. The van der Waals surface area contributed by atoms with Gasteiger partial charge < -0.3 is 0 Å². The number of halogens is 2. The number of rotatable bonds is 1. The Bertz CT molecular complexity index is 672. The minimum absolute atomic E-state index is 0.408. The lowest BCUT2D eigenvalue weighted by atomic mass is 9.81. The van der Waals surface area contributed by atoms with Crippen molar-refractivity contribution in [1.29, 1.82) is 5.26 Å². The molecule has 1 aromatic carbocycles. The maximum absolute atomic E-state index is 9.31. The van der Waals surface area contributed by atoms with Crippen molar-refractivity contribution in [3.8, 4) is 6.07 Å². The molecule has 0 unspecified atom stereocenters. The van der Waals surface area contributed by atoms with Crippen molar-refractivity contribution in [2.24, 2.45) is 0 Å². The van der Waals surface area contributed by atoms with Crippen LogP contribution in [0, 0.1) is 11.3 Å². The van der Waals surface area contributed by atoms with E-state index in [-0.39, 0.29) is 0 Å². The first-order chi connectivity index (χ1) is 8.70. The molecule has 0 N–H and O–H groups in total. The van der Waals surface area contributed by atoms with E-state index in [1.165, 1.54) is 6.42 Å². The van der Waals surface area contributed by atoms with Crippen LogP contribution in [-0.4, -0.2) is 4.98 Å². The van der Waals surface area contributed by atoms with Crippen LogP contribution in [0.3, 0.4) is 0 Å². The Labute approximate surface area is 119 Å². The summed E-state index contributed by atoms with van der Waals surface area (Å²) in [5.41, 5.74) is 2.29. The first kappa shape index (κ1) is 12.0. The topological polar surface area (TPSA) is 36.7 Å². The number of nitrogens with zero attached hydrogens (tertiary/aromatic N) is 2. The Kier molecular flexibility index (Phi) is 3.01. The smallest absolute Gasteiger partial charge is 0.103 e. The summed E-state index contributed by atoms with van der Waals surface area (Å²) in [6.45, 7) is 0.